The first-order valence-corrected chi connectivity index (χ1v) is 9.78. The highest BCUT2D eigenvalue weighted by atomic mass is 32.1. The maximum Gasteiger partial charge on any atom is 0.259 e. The lowest BCUT2D eigenvalue weighted by Gasteiger charge is -2.17. The van der Waals surface area contributed by atoms with Gasteiger partial charge in [-0.3, -0.25) is 4.79 Å². The Morgan fingerprint density at radius 3 is 2.72 bits per heavy atom. The van der Waals surface area contributed by atoms with Gasteiger partial charge in [-0.1, -0.05) is 0 Å². The molecule has 3 aromatic rings. The SMILES string of the molecule is Cc1c(C(N)=O)sc2ncnc(Nc3ccc(F)cc3OC3CC(O)C(O)C3)c12. The van der Waals surface area contributed by atoms with Crippen LogP contribution in [0.25, 0.3) is 10.2 Å². The highest BCUT2D eigenvalue weighted by molar-refractivity contribution is 7.20. The van der Waals surface area contributed by atoms with E-state index in [2.05, 4.69) is 15.3 Å². The van der Waals surface area contributed by atoms with Crippen LogP contribution >= 0.6 is 11.3 Å². The van der Waals surface area contributed by atoms with Gasteiger partial charge in [0.2, 0.25) is 0 Å². The molecule has 2 aromatic heterocycles. The van der Waals surface area contributed by atoms with Gasteiger partial charge in [-0.05, 0) is 24.6 Å². The Bertz CT molecular complexity index is 1080. The second-order valence-corrected chi connectivity index (χ2v) is 7.93. The molecule has 0 aliphatic heterocycles. The molecule has 1 fully saturated rings. The van der Waals surface area contributed by atoms with E-state index in [1.54, 1.807) is 6.92 Å². The molecular weight excluding hydrogens is 399 g/mol. The summed E-state index contributed by atoms with van der Waals surface area (Å²) in [5, 5.41) is 23.2. The summed E-state index contributed by atoms with van der Waals surface area (Å²) < 4.78 is 19.7. The number of ether oxygens (including phenoxy) is 1. The van der Waals surface area contributed by atoms with Gasteiger partial charge in [0, 0.05) is 18.9 Å². The maximum absolute atomic E-state index is 13.8. The molecule has 1 aliphatic rings. The van der Waals surface area contributed by atoms with Crippen LogP contribution < -0.4 is 15.8 Å². The van der Waals surface area contributed by atoms with E-state index in [-0.39, 0.29) is 18.6 Å². The molecule has 5 N–H and O–H groups in total. The number of benzene rings is 1. The monoisotopic (exact) mass is 418 g/mol. The minimum absolute atomic E-state index is 0.228. The van der Waals surface area contributed by atoms with Gasteiger partial charge in [0.25, 0.3) is 5.91 Å². The Morgan fingerprint density at radius 1 is 1.31 bits per heavy atom. The van der Waals surface area contributed by atoms with Crippen molar-refractivity contribution in [2.24, 2.45) is 5.73 Å². The van der Waals surface area contributed by atoms with Crippen molar-refractivity contribution in [2.75, 3.05) is 5.32 Å². The predicted octanol–water partition coefficient (Wildman–Crippen LogP) is 2.24. The number of fused-ring (bicyclic) bond motifs is 1. The van der Waals surface area contributed by atoms with Crippen molar-refractivity contribution in [1.29, 1.82) is 0 Å². The minimum Gasteiger partial charge on any atom is -0.488 e. The predicted molar refractivity (Wildman–Crippen MR) is 106 cm³/mol. The van der Waals surface area contributed by atoms with E-state index in [4.69, 9.17) is 10.5 Å². The first kappa shape index (κ1) is 19.5. The van der Waals surface area contributed by atoms with Crippen LogP contribution in [-0.4, -0.2) is 44.4 Å². The molecule has 0 bridgehead atoms. The Balaban J connectivity index is 1.69. The fourth-order valence-electron chi connectivity index (χ4n) is 3.45. The zero-order valence-electron chi connectivity index (χ0n) is 15.4. The average Bonchev–Trinajstić information content (AvgIpc) is 3.17. The molecule has 0 radical (unpaired) electrons. The van der Waals surface area contributed by atoms with Gasteiger partial charge in [0.1, 0.15) is 34.6 Å². The zero-order chi connectivity index (χ0) is 20.7. The molecule has 2 heterocycles. The van der Waals surface area contributed by atoms with Crippen LogP contribution in [0.3, 0.4) is 0 Å². The number of hydrogen-bond donors (Lipinski definition) is 4. The number of carbonyl (C=O) groups is 1. The van der Waals surface area contributed by atoms with E-state index in [0.717, 1.165) is 0 Å². The summed E-state index contributed by atoms with van der Waals surface area (Å²) in [6.07, 6.45) is -0.323. The van der Waals surface area contributed by atoms with Crippen LogP contribution in [0.1, 0.15) is 28.1 Å². The topological polar surface area (TPSA) is 131 Å². The number of aliphatic hydroxyl groups excluding tert-OH is 2. The van der Waals surface area contributed by atoms with E-state index in [9.17, 15) is 19.4 Å². The minimum atomic E-state index is -0.868. The third kappa shape index (κ3) is 3.74. The maximum atomic E-state index is 13.8. The Hall–Kier alpha value is -2.82. The number of nitrogens with one attached hydrogen (secondary N) is 1. The quantitative estimate of drug-likeness (QED) is 0.500. The number of aromatic nitrogens is 2. The van der Waals surface area contributed by atoms with Gasteiger partial charge in [0.05, 0.1) is 28.2 Å². The van der Waals surface area contributed by atoms with Gasteiger partial charge in [-0.25, -0.2) is 14.4 Å². The molecule has 1 aromatic carbocycles. The molecular formula is C19H19FN4O4S. The number of anilines is 2. The van der Waals surface area contributed by atoms with Gasteiger partial charge in [-0.2, -0.15) is 0 Å². The Labute approximate surface area is 169 Å². The van der Waals surface area contributed by atoms with Crippen LogP contribution in [0.15, 0.2) is 24.5 Å². The number of carbonyl (C=O) groups excluding carboxylic acids is 1. The zero-order valence-corrected chi connectivity index (χ0v) is 16.2. The molecule has 152 valence electrons. The molecule has 1 saturated carbocycles. The highest BCUT2D eigenvalue weighted by Crippen LogP contribution is 2.37. The van der Waals surface area contributed by atoms with E-state index in [1.807, 2.05) is 0 Å². The number of amides is 1. The van der Waals surface area contributed by atoms with Crippen molar-refractivity contribution in [3.63, 3.8) is 0 Å². The van der Waals surface area contributed by atoms with Crippen molar-refractivity contribution < 1.29 is 24.1 Å². The number of primary amides is 1. The fourth-order valence-corrected chi connectivity index (χ4v) is 4.45. The second kappa shape index (κ2) is 7.54. The number of halogens is 1. The number of aryl methyl sites for hydroxylation is 1. The molecule has 1 aliphatic carbocycles. The molecule has 10 heteroatoms. The van der Waals surface area contributed by atoms with Crippen LogP contribution in [0.5, 0.6) is 5.75 Å². The van der Waals surface area contributed by atoms with Crippen molar-refractivity contribution in [1.82, 2.24) is 9.97 Å². The lowest BCUT2D eigenvalue weighted by molar-refractivity contribution is 0.0438. The number of aliphatic hydroxyl groups is 2. The van der Waals surface area contributed by atoms with E-state index < -0.39 is 30.0 Å². The van der Waals surface area contributed by atoms with Crippen LogP contribution in [0, 0.1) is 12.7 Å². The summed E-state index contributed by atoms with van der Waals surface area (Å²) in [7, 11) is 0. The fraction of sp³-hybridized carbons (Fsp3) is 0.316. The summed E-state index contributed by atoms with van der Waals surface area (Å²) in [5.41, 5.74) is 6.55. The van der Waals surface area contributed by atoms with Crippen LogP contribution in [0.2, 0.25) is 0 Å². The number of nitrogens with two attached hydrogens (primary N) is 1. The van der Waals surface area contributed by atoms with Crippen molar-refractivity contribution >= 4 is 39.0 Å². The van der Waals surface area contributed by atoms with Gasteiger partial charge in [0.15, 0.2) is 0 Å². The average molecular weight is 418 g/mol. The summed E-state index contributed by atoms with van der Waals surface area (Å²) in [6.45, 7) is 1.76. The standard InChI is InChI=1S/C19H19FN4O4S/c1-8-15-18(22-7-23-19(15)29-16(8)17(21)27)24-11-3-2-9(20)4-14(11)28-10-5-12(25)13(26)6-10/h2-4,7,10,12-13,25-26H,5-6H2,1H3,(H2,21,27)(H,22,23,24). The Kier molecular flexibility index (Phi) is 5.07. The Morgan fingerprint density at radius 2 is 2.03 bits per heavy atom. The molecule has 0 spiro atoms. The van der Waals surface area contributed by atoms with Gasteiger partial charge in [-0.15, -0.1) is 11.3 Å². The molecule has 8 nitrogen and oxygen atoms in total. The van der Waals surface area contributed by atoms with Crippen molar-refractivity contribution in [3.05, 3.63) is 40.8 Å². The molecule has 1 amide bonds. The van der Waals surface area contributed by atoms with E-state index in [1.165, 1.54) is 35.9 Å². The first-order valence-electron chi connectivity index (χ1n) is 8.96. The van der Waals surface area contributed by atoms with Crippen LogP contribution in [0.4, 0.5) is 15.9 Å². The molecule has 2 atom stereocenters. The van der Waals surface area contributed by atoms with Crippen LogP contribution in [-0.2, 0) is 0 Å². The first-order chi connectivity index (χ1) is 13.8. The van der Waals surface area contributed by atoms with Gasteiger partial charge >= 0.3 is 0 Å². The highest BCUT2D eigenvalue weighted by Gasteiger charge is 2.33. The third-order valence-electron chi connectivity index (χ3n) is 4.89. The van der Waals surface area contributed by atoms with Crippen molar-refractivity contribution in [3.8, 4) is 5.75 Å². The summed E-state index contributed by atoms with van der Waals surface area (Å²) in [4.78, 5) is 21.1. The number of thiophene rings is 1. The molecule has 2 unspecified atom stereocenters. The van der Waals surface area contributed by atoms with E-state index in [0.29, 0.717) is 32.2 Å². The van der Waals surface area contributed by atoms with E-state index >= 15 is 0 Å². The summed E-state index contributed by atoms with van der Waals surface area (Å²) in [5.74, 6) is -0.369. The molecule has 4 rings (SSSR count). The summed E-state index contributed by atoms with van der Waals surface area (Å²) >= 11 is 1.18. The molecule has 0 saturated heterocycles. The lowest BCUT2D eigenvalue weighted by atomic mass is 10.2. The molecule has 29 heavy (non-hydrogen) atoms. The summed E-state index contributed by atoms with van der Waals surface area (Å²) in [6, 6.07) is 4.02. The smallest absolute Gasteiger partial charge is 0.259 e. The number of nitrogens with zero attached hydrogens (tertiary/aromatic N) is 2. The third-order valence-corrected chi connectivity index (χ3v) is 6.11. The van der Waals surface area contributed by atoms with Gasteiger partial charge < -0.3 is 26.0 Å². The number of hydrogen-bond acceptors (Lipinski definition) is 8. The normalized spacial score (nSPS) is 21.4. The largest absolute Gasteiger partial charge is 0.488 e. The lowest BCUT2D eigenvalue weighted by Crippen LogP contribution is -2.17. The van der Waals surface area contributed by atoms with Crippen molar-refractivity contribution in [2.45, 2.75) is 38.1 Å². The number of rotatable bonds is 5. The second-order valence-electron chi connectivity index (χ2n) is 6.93.